The minimum absolute atomic E-state index is 0.0439. The lowest BCUT2D eigenvalue weighted by atomic mass is 10.1. The summed E-state index contributed by atoms with van der Waals surface area (Å²) in [5, 5.41) is 3.20. The number of benzene rings is 1. The molecule has 2 aromatic rings. The largest absolute Gasteiger partial charge is 0.352 e. The summed E-state index contributed by atoms with van der Waals surface area (Å²) in [5.41, 5.74) is 2.72. The number of para-hydroxylation sites is 1. The molecule has 0 bridgehead atoms. The Balaban J connectivity index is 1.81. The van der Waals surface area contributed by atoms with E-state index in [0.29, 0.717) is 17.6 Å². The average Bonchev–Trinajstić information content (AvgIpc) is 2.90. The predicted octanol–water partition coefficient (Wildman–Crippen LogP) is 3.28. The van der Waals surface area contributed by atoms with Crippen molar-refractivity contribution in [3.8, 4) is 0 Å². The Morgan fingerprint density at radius 1 is 1.35 bits per heavy atom. The highest BCUT2D eigenvalue weighted by molar-refractivity contribution is 6.07. The molecule has 120 valence electrons. The van der Waals surface area contributed by atoms with Crippen molar-refractivity contribution >= 4 is 17.5 Å². The van der Waals surface area contributed by atoms with Crippen molar-refractivity contribution in [2.24, 2.45) is 0 Å². The van der Waals surface area contributed by atoms with Gasteiger partial charge in [-0.25, -0.2) is 9.97 Å². The minimum atomic E-state index is -0.0439. The van der Waals surface area contributed by atoms with Crippen molar-refractivity contribution in [2.75, 3.05) is 10.2 Å². The molecule has 2 heterocycles. The predicted molar refractivity (Wildman–Crippen MR) is 91.8 cm³/mol. The van der Waals surface area contributed by atoms with E-state index in [2.05, 4.69) is 42.1 Å². The molecule has 0 spiro atoms. The molecule has 2 atom stereocenters. The van der Waals surface area contributed by atoms with Gasteiger partial charge in [0.1, 0.15) is 0 Å². The normalized spacial score (nSPS) is 17.7. The molecule has 0 fully saturated rings. The van der Waals surface area contributed by atoms with Gasteiger partial charge in [0.15, 0.2) is 0 Å². The molecule has 23 heavy (non-hydrogen) atoms. The maximum absolute atomic E-state index is 12.8. The molecule has 1 aliphatic rings. The molecule has 0 saturated carbocycles. The third-order valence-electron chi connectivity index (χ3n) is 4.31. The Bertz CT molecular complexity index is 698. The van der Waals surface area contributed by atoms with Crippen LogP contribution in [0, 0.1) is 0 Å². The molecule has 5 nitrogen and oxygen atoms in total. The first-order valence-electron chi connectivity index (χ1n) is 8.10. The summed E-state index contributed by atoms with van der Waals surface area (Å²) in [4.78, 5) is 23.2. The molecular weight excluding hydrogens is 288 g/mol. The molecule has 0 aliphatic carbocycles. The molecule has 5 heteroatoms. The Labute approximate surface area is 136 Å². The first-order valence-corrected chi connectivity index (χ1v) is 8.10. The standard InChI is InChI=1S/C18H22N4O/c1-4-12(2)21-18-19-10-15(11-20-18)17(23)22-13(3)9-14-7-5-6-8-16(14)22/h5-8,10-13H,4,9H2,1-3H3,(H,19,20,21). The fourth-order valence-corrected chi connectivity index (χ4v) is 2.85. The van der Waals surface area contributed by atoms with Gasteiger partial charge in [-0.1, -0.05) is 25.1 Å². The zero-order chi connectivity index (χ0) is 16.4. The van der Waals surface area contributed by atoms with Crippen LogP contribution >= 0.6 is 0 Å². The number of fused-ring (bicyclic) bond motifs is 1. The van der Waals surface area contributed by atoms with Crippen molar-refractivity contribution in [2.45, 2.75) is 45.7 Å². The fraction of sp³-hybridized carbons (Fsp3) is 0.389. The second kappa shape index (κ2) is 6.36. The van der Waals surface area contributed by atoms with E-state index in [4.69, 9.17) is 0 Å². The molecule has 1 aromatic carbocycles. The van der Waals surface area contributed by atoms with Crippen molar-refractivity contribution in [3.05, 3.63) is 47.8 Å². The number of aromatic nitrogens is 2. The van der Waals surface area contributed by atoms with Crippen molar-refractivity contribution in [3.63, 3.8) is 0 Å². The van der Waals surface area contributed by atoms with Crippen LogP contribution in [0.3, 0.4) is 0 Å². The van der Waals surface area contributed by atoms with Crippen LogP contribution in [-0.2, 0) is 6.42 Å². The number of amides is 1. The van der Waals surface area contributed by atoms with Crippen LogP contribution in [0.2, 0.25) is 0 Å². The number of nitrogens with one attached hydrogen (secondary N) is 1. The van der Waals surface area contributed by atoms with Crippen LogP contribution < -0.4 is 10.2 Å². The van der Waals surface area contributed by atoms with Crippen LogP contribution in [0.5, 0.6) is 0 Å². The van der Waals surface area contributed by atoms with Crippen LogP contribution in [0.1, 0.15) is 43.1 Å². The number of hydrogen-bond donors (Lipinski definition) is 1. The summed E-state index contributed by atoms with van der Waals surface area (Å²) in [6, 6.07) is 8.51. The number of carbonyl (C=O) groups is 1. The van der Waals surface area contributed by atoms with Crippen LogP contribution in [0.25, 0.3) is 0 Å². The Morgan fingerprint density at radius 3 is 2.74 bits per heavy atom. The van der Waals surface area contributed by atoms with Gasteiger partial charge < -0.3 is 10.2 Å². The van der Waals surface area contributed by atoms with Crippen LogP contribution in [0.15, 0.2) is 36.7 Å². The first kappa shape index (κ1) is 15.5. The highest BCUT2D eigenvalue weighted by Gasteiger charge is 2.31. The molecule has 1 N–H and O–H groups in total. The van der Waals surface area contributed by atoms with Crippen LogP contribution in [-0.4, -0.2) is 28.0 Å². The molecule has 1 aromatic heterocycles. The third-order valence-corrected chi connectivity index (χ3v) is 4.31. The molecule has 3 rings (SSSR count). The summed E-state index contributed by atoms with van der Waals surface area (Å²) >= 11 is 0. The molecule has 1 amide bonds. The van der Waals surface area contributed by atoms with Gasteiger partial charge in [0.25, 0.3) is 5.91 Å². The van der Waals surface area contributed by atoms with E-state index < -0.39 is 0 Å². The van der Waals surface area contributed by atoms with Gasteiger partial charge in [0.2, 0.25) is 5.95 Å². The van der Waals surface area contributed by atoms with E-state index in [1.54, 1.807) is 12.4 Å². The van der Waals surface area contributed by atoms with Gasteiger partial charge in [-0.05, 0) is 38.3 Å². The molecule has 1 aliphatic heterocycles. The van der Waals surface area contributed by atoms with E-state index in [1.165, 1.54) is 5.56 Å². The van der Waals surface area contributed by atoms with E-state index in [9.17, 15) is 4.79 Å². The van der Waals surface area contributed by atoms with E-state index >= 15 is 0 Å². The molecule has 0 saturated heterocycles. The topological polar surface area (TPSA) is 58.1 Å². The Hall–Kier alpha value is -2.43. The molecule has 2 unspecified atom stereocenters. The second-order valence-electron chi connectivity index (χ2n) is 6.11. The van der Waals surface area contributed by atoms with E-state index in [-0.39, 0.29) is 11.9 Å². The number of rotatable bonds is 4. The maximum Gasteiger partial charge on any atom is 0.261 e. The fourth-order valence-electron chi connectivity index (χ4n) is 2.85. The van der Waals surface area contributed by atoms with E-state index in [0.717, 1.165) is 18.5 Å². The molecular formula is C18H22N4O. The smallest absolute Gasteiger partial charge is 0.261 e. The Morgan fingerprint density at radius 2 is 2.04 bits per heavy atom. The zero-order valence-corrected chi connectivity index (χ0v) is 13.8. The lowest BCUT2D eigenvalue weighted by Gasteiger charge is -2.22. The Kier molecular flexibility index (Phi) is 4.28. The SMILES string of the molecule is CCC(C)Nc1ncc(C(=O)N2c3ccccc3CC2C)cn1. The number of nitrogens with zero attached hydrogens (tertiary/aromatic N) is 3. The van der Waals surface area contributed by atoms with Gasteiger partial charge in [0.05, 0.1) is 5.56 Å². The number of hydrogen-bond acceptors (Lipinski definition) is 4. The summed E-state index contributed by atoms with van der Waals surface area (Å²) < 4.78 is 0. The summed E-state index contributed by atoms with van der Waals surface area (Å²) in [7, 11) is 0. The molecule has 0 radical (unpaired) electrons. The van der Waals surface area contributed by atoms with Gasteiger partial charge in [0, 0.05) is 30.2 Å². The van der Waals surface area contributed by atoms with Gasteiger partial charge in [-0.2, -0.15) is 0 Å². The minimum Gasteiger partial charge on any atom is -0.352 e. The highest BCUT2D eigenvalue weighted by Crippen LogP contribution is 2.32. The first-order chi connectivity index (χ1) is 11.1. The second-order valence-corrected chi connectivity index (χ2v) is 6.11. The van der Waals surface area contributed by atoms with Crippen LogP contribution in [0.4, 0.5) is 11.6 Å². The monoisotopic (exact) mass is 310 g/mol. The number of anilines is 2. The summed E-state index contributed by atoms with van der Waals surface area (Å²) in [6.45, 7) is 6.24. The maximum atomic E-state index is 12.8. The summed E-state index contributed by atoms with van der Waals surface area (Å²) in [5.74, 6) is 0.517. The lowest BCUT2D eigenvalue weighted by molar-refractivity contribution is 0.0981. The quantitative estimate of drug-likeness (QED) is 0.941. The lowest BCUT2D eigenvalue weighted by Crippen LogP contribution is -2.35. The van der Waals surface area contributed by atoms with Crippen molar-refractivity contribution < 1.29 is 4.79 Å². The van der Waals surface area contributed by atoms with Gasteiger partial charge in [-0.15, -0.1) is 0 Å². The van der Waals surface area contributed by atoms with Crippen molar-refractivity contribution in [1.82, 2.24) is 9.97 Å². The van der Waals surface area contributed by atoms with E-state index in [1.807, 2.05) is 23.1 Å². The van der Waals surface area contributed by atoms with Gasteiger partial charge >= 0.3 is 0 Å². The summed E-state index contributed by atoms with van der Waals surface area (Å²) in [6.07, 6.45) is 5.09. The number of carbonyl (C=O) groups excluding carboxylic acids is 1. The van der Waals surface area contributed by atoms with Crippen molar-refractivity contribution in [1.29, 1.82) is 0 Å². The highest BCUT2D eigenvalue weighted by atomic mass is 16.2. The average molecular weight is 310 g/mol. The zero-order valence-electron chi connectivity index (χ0n) is 13.8. The third kappa shape index (κ3) is 3.04. The van der Waals surface area contributed by atoms with Gasteiger partial charge in [-0.3, -0.25) is 4.79 Å².